The first-order valence-electron chi connectivity index (χ1n) is 23.7. The summed E-state index contributed by atoms with van der Waals surface area (Å²) in [5, 5.41) is 24.8. The molecule has 2 amide bonds. The summed E-state index contributed by atoms with van der Waals surface area (Å²) in [4.78, 5) is 67.4. The second-order valence-electron chi connectivity index (χ2n) is 17.4. The number of aliphatic hydroxyl groups is 1. The van der Waals surface area contributed by atoms with Crippen LogP contribution in [0.25, 0.3) is 22.3 Å². The molecule has 0 heterocycles. The molecule has 2 atom stereocenters. The number of carbonyl (C=O) groups excluding carboxylic acids is 2. The lowest BCUT2D eigenvalue weighted by Crippen LogP contribution is -2.29. The number of aliphatic hydroxyl groups excluding tert-OH is 1. The van der Waals surface area contributed by atoms with Gasteiger partial charge in [0.1, 0.15) is 18.2 Å². The van der Waals surface area contributed by atoms with Gasteiger partial charge in [-0.25, -0.2) is 8.78 Å². The fourth-order valence-electron chi connectivity index (χ4n) is 9.58. The second-order valence-corrected chi connectivity index (χ2v) is 17.4. The van der Waals surface area contributed by atoms with E-state index in [0.717, 1.165) is 35.4 Å². The smallest absolute Gasteiger partial charge is 0.294 e. The molecule has 78 heavy (non-hydrogen) atoms. The average Bonchev–Trinajstić information content (AvgIpc) is 3.93. The van der Waals surface area contributed by atoms with E-state index in [1.54, 1.807) is 24.3 Å². The van der Waals surface area contributed by atoms with E-state index in [1.165, 1.54) is 81.1 Å². The fourth-order valence-corrected chi connectivity index (χ4v) is 9.58. The molecule has 3 N–H and O–H groups in total. The van der Waals surface area contributed by atoms with Gasteiger partial charge in [-0.3, -0.25) is 19.2 Å². The minimum Gasteiger partial charge on any atom is -0.493 e. The van der Waals surface area contributed by atoms with E-state index in [4.69, 9.17) is 37.9 Å². The molecule has 6 aromatic rings. The van der Waals surface area contributed by atoms with Crippen molar-refractivity contribution < 1.29 is 71.3 Å². The number of methoxy groups -OCH3 is 8. The Hall–Kier alpha value is -8.98. The quantitative estimate of drug-likeness (QED) is 0.0609. The Kier molecular flexibility index (Phi) is 19.2. The highest BCUT2D eigenvalue weighted by atomic mass is 19.1. The molecule has 19 nitrogen and oxygen atoms in total. The number of hydrogen-bond donors (Lipinski definition) is 3. The van der Waals surface area contributed by atoms with Crippen LogP contribution in [-0.4, -0.2) is 78.9 Å². The molecule has 0 saturated heterocycles. The molecular weight excluding hydrogens is 1020 g/mol. The van der Waals surface area contributed by atoms with E-state index in [0.29, 0.717) is 93.6 Å². The molecule has 0 radical (unpaired) electrons. The van der Waals surface area contributed by atoms with Gasteiger partial charge in [-0.2, -0.15) is 0 Å². The van der Waals surface area contributed by atoms with Crippen molar-refractivity contribution in [2.24, 2.45) is 0 Å². The lowest BCUT2D eigenvalue weighted by molar-refractivity contribution is -0.763. The number of rotatable bonds is 16. The van der Waals surface area contributed by atoms with Crippen LogP contribution in [0.3, 0.4) is 0 Å². The van der Waals surface area contributed by atoms with Gasteiger partial charge < -0.3 is 58.5 Å². The van der Waals surface area contributed by atoms with Crippen molar-refractivity contribution in [3.8, 4) is 68.2 Å². The van der Waals surface area contributed by atoms with E-state index in [1.807, 2.05) is 12.1 Å². The Bertz CT molecular complexity index is 3380. The van der Waals surface area contributed by atoms with Crippen molar-refractivity contribution in [1.29, 1.82) is 0 Å². The molecule has 8 rings (SSSR count). The van der Waals surface area contributed by atoms with Gasteiger partial charge in [0.2, 0.25) is 22.4 Å². The molecule has 2 aliphatic rings. The summed E-state index contributed by atoms with van der Waals surface area (Å²) in [5.41, 5.74) is 4.96. The van der Waals surface area contributed by atoms with Crippen LogP contribution < -0.4 is 59.4 Å². The maximum atomic E-state index is 14.3. The predicted octanol–water partition coefficient (Wildman–Crippen LogP) is 8.45. The molecule has 0 fully saturated rings. The van der Waals surface area contributed by atoms with Gasteiger partial charge >= 0.3 is 0 Å². The summed E-state index contributed by atoms with van der Waals surface area (Å²) in [6.07, 6.45) is 1.75. The number of carbonyl (C=O) groups is 2. The molecule has 6 aromatic carbocycles. The monoisotopic (exact) mass is 1080 g/mol. The van der Waals surface area contributed by atoms with Gasteiger partial charge in [0.05, 0.1) is 75.6 Å². The average molecular weight is 1080 g/mol. The maximum absolute atomic E-state index is 14.3. The number of nitrogens with zero attached hydrogens (tertiary/aromatic N) is 1. The van der Waals surface area contributed by atoms with Crippen molar-refractivity contribution in [2.45, 2.75) is 58.4 Å². The van der Waals surface area contributed by atoms with E-state index in [-0.39, 0.29) is 46.6 Å². The molecule has 0 bridgehead atoms. The van der Waals surface area contributed by atoms with E-state index in [2.05, 4.69) is 15.5 Å². The third-order valence-electron chi connectivity index (χ3n) is 13.0. The van der Waals surface area contributed by atoms with Crippen LogP contribution >= 0.6 is 0 Å². The number of amides is 2. The molecule has 0 saturated carbocycles. The molecule has 0 unspecified atom stereocenters. The van der Waals surface area contributed by atoms with Gasteiger partial charge in [-0.1, -0.05) is 19.6 Å². The van der Waals surface area contributed by atoms with E-state index >= 15 is 0 Å². The first kappa shape index (κ1) is 58.3. The lowest BCUT2D eigenvalue weighted by atomic mass is 9.95. The number of halogens is 2. The van der Waals surface area contributed by atoms with Crippen molar-refractivity contribution >= 4 is 11.8 Å². The summed E-state index contributed by atoms with van der Waals surface area (Å²) in [7, 11) is 11.8. The predicted molar refractivity (Wildman–Crippen MR) is 283 cm³/mol. The molecule has 21 heteroatoms. The number of nitrogens with one attached hydrogen (secondary N) is 2. The Morgan fingerprint density at radius 1 is 0.564 bits per heavy atom. The fraction of sp³-hybridized carbons (Fsp3) is 0.298. The molecule has 0 aliphatic heterocycles. The summed E-state index contributed by atoms with van der Waals surface area (Å²) in [5.74, 6) is 0.185. The lowest BCUT2D eigenvalue weighted by Gasteiger charge is -2.20. The number of fused-ring (bicyclic) bond motifs is 6. The van der Waals surface area contributed by atoms with Crippen molar-refractivity contribution in [3.05, 3.63) is 172 Å². The zero-order valence-electron chi connectivity index (χ0n) is 43.3. The zero-order valence-corrected chi connectivity index (χ0v) is 43.3. The largest absolute Gasteiger partial charge is 0.493 e. The van der Waals surface area contributed by atoms with E-state index < -0.39 is 59.3 Å². The van der Waals surface area contributed by atoms with Crippen LogP contribution in [0, 0.1) is 21.7 Å². The van der Waals surface area contributed by atoms with Gasteiger partial charge in [0.15, 0.2) is 34.5 Å². The second kappa shape index (κ2) is 25.7. The van der Waals surface area contributed by atoms with Crippen molar-refractivity contribution in [2.75, 3.05) is 56.9 Å². The van der Waals surface area contributed by atoms with Gasteiger partial charge in [-0.05, 0) is 143 Å². The Morgan fingerprint density at radius 3 is 1.33 bits per heavy atom. The van der Waals surface area contributed by atoms with Crippen LogP contribution in [0.2, 0.25) is 0 Å². The normalized spacial score (nSPS) is 13.7. The Morgan fingerprint density at radius 2 is 0.962 bits per heavy atom. The van der Waals surface area contributed by atoms with Crippen LogP contribution in [0.1, 0.15) is 86.4 Å². The Labute approximate surface area is 447 Å². The highest BCUT2D eigenvalue weighted by Gasteiger charge is 2.32. The minimum atomic E-state index is -1.00. The summed E-state index contributed by atoms with van der Waals surface area (Å²) < 4.78 is 72.6. The highest BCUT2D eigenvalue weighted by Crippen LogP contribution is 2.52. The molecule has 0 aromatic heterocycles. The molecule has 2 aliphatic carbocycles. The highest BCUT2D eigenvalue weighted by molar-refractivity contribution is 5.96. The van der Waals surface area contributed by atoms with Gasteiger partial charge in [0, 0.05) is 22.3 Å². The number of benzene rings is 4. The van der Waals surface area contributed by atoms with Crippen LogP contribution in [0.15, 0.2) is 94.5 Å². The first-order valence-corrected chi connectivity index (χ1v) is 23.7. The summed E-state index contributed by atoms with van der Waals surface area (Å²) >= 11 is 0. The van der Waals surface area contributed by atoms with Gasteiger partial charge in [0.25, 0.3) is 16.9 Å². The third-order valence-corrected chi connectivity index (χ3v) is 13.0. The minimum absolute atomic E-state index is 0. The van der Waals surface area contributed by atoms with E-state index in [9.17, 15) is 43.2 Å². The first-order chi connectivity index (χ1) is 37.0. The number of ether oxygens (including phenoxy) is 8. The van der Waals surface area contributed by atoms with Crippen LogP contribution in [0.5, 0.6) is 46.0 Å². The molecular formula is C57H59F2N3O16. The number of aryl methyl sites for hydroxylation is 2. The Balaban J connectivity index is 0.000000250. The van der Waals surface area contributed by atoms with Crippen molar-refractivity contribution in [1.82, 2.24) is 10.6 Å². The van der Waals surface area contributed by atoms with Gasteiger partial charge in [-0.15, -0.1) is 10.1 Å². The zero-order chi connectivity index (χ0) is 55.7. The van der Waals surface area contributed by atoms with Crippen molar-refractivity contribution in [3.63, 3.8) is 0 Å². The maximum Gasteiger partial charge on any atom is 0.294 e. The number of hydrogen-bond acceptors (Lipinski definition) is 16. The van der Waals surface area contributed by atoms with Crippen LogP contribution in [-0.2, 0) is 30.9 Å². The molecule has 0 spiro atoms. The van der Waals surface area contributed by atoms with Crippen LogP contribution in [0.4, 0.5) is 8.78 Å². The SMILES string of the molecule is C.COc1cc2c(c(OC)c1OC)-c1ccc(OC)c(=O)cc1[C@@H](NC(=O)c1cc(F)cc(CO)c1)CC2.COc1cc2c(c(OC)c1OC)-c1ccc(OC)c(=O)cc1[C@@H](NC(=O)c1cc(F)cc(CO[N+](=O)[O-])c1)CC2. The topological polar surface area (TPSA) is 239 Å². The standard InChI is InChI=1S/C28H27FN2O9.C28H28FNO7.CH4/c1-36-23-8-6-19-20(13-22(23)32)21(7-5-16-12-24(37-2)26(38-3)27(39-4)25(16)19)30-28(33)17-9-15(10-18(29)11-17)14-40-31(34)35;1-34-23-8-6-19-20(13-22(23)32)21(30-28(33)17-9-15(14-31)10-18(29)11-17)7-5-16-12-24(35-2)26(36-3)27(37-4)25(16)19;/h6,8-13,21H,5,7,14H2,1-4H3,(H,30,33);6,8-13,21,31H,5,7,14H2,1-4H3,(H,30,33);1H4/t2*21-;/m00./s1. The third kappa shape index (κ3) is 12.3. The summed E-state index contributed by atoms with van der Waals surface area (Å²) in [6.45, 7) is -0.927. The molecule has 412 valence electrons. The summed E-state index contributed by atoms with van der Waals surface area (Å²) in [6, 6.07) is 18.8.